The first kappa shape index (κ1) is 7.25. The molecule has 0 spiro atoms. The van der Waals surface area contributed by atoms with E-state index in [-0.39, 0.29) is 0 Å². The lowest BCUT2D eigenvalue weighted by Crippen LogP contribution is -2.13. The zero-order chi connectivity index (χ0) is 6.78. The molecule has 5 nitrogen and oxygen atoms in total. The lowest BCUT2D eigenvalue weighted by Gasteiger charge is -1.79. The molecule has 8 heavy (non-hydrogen) atoms. The number of carbonyl (C=O) groups is 2. The predicted molar refractivity (Wildman–Crippen MR) is 22.6 cm³/mol. The average molecular weight is 138 g/mol. The molecule has 0 aliphatic carbocycles. The van der Waals surface area contributed by atoms with Crippen molar-refractivity contribution in [3.8, 4) is 0 Å². The molecule has 0 saturated carbocycles. The molecule has 0 aromatic rings. The summed E-state index contributed by atoms with van der Waals surface area (Å²) >= 11 is 0. The molecule has 0 aromatic carbocycles. The van der Waals surface area contributed by atoms with Gasteiger partial charge < -0.3 is 0 Å². The minimum absolute atomic E-state index is 0.477. The summed E-state index contributed by atoms with van der Waals surface area (Å²) in [7, 11) is -4.76. The van der Waals surface area contributed by atoms with Crippen LogP contribution in [0.25, 0.3) is 0 Å². The van der Waals surface area contributed by atoms with E-state index in [9.17, 15) is 18.0 Å². The standard InChI is InChI=1S/C2H2O5S/c3-1-2(4)8(5,6)7/h1H,(H,5,6,7). The summed E-state index contributed by atoms with van der Waals surface area (Å²) in [6.45, 7) is 0. The van der Waals surface area contributed by atoms with E-state index in [0.29, 0.717) is 0 Å². The molecule has 0 radical (unpaired) electrons. The second-order valence-corrected chi connectivity index (χ2v) is 2.26. The first-order valence-corrected chi connectivity index (χ1v) is 2.89. The van der Waals surface area contributed by atoms with Crippen molar-refractivity contribution in [2.45, 2.75) is 0 Å². The Labute approximate surface area is 45.1 Å². The highest BCUT2D eigenvalue weighted by molar-refractivity contribution is 8.02. The Hall–Kier alpha value is -0.750. The maximum absolute atomic E-state index is 9.63. The molecule has 6 heteroatoms. The third-order valence-corrected chi connectivity index (χ3v) is 0.955. The molecule has 1 N–H and O–H groups in total. The molecule has 0 aliphatic heterocycles. The summed E-state index contributed by atoms with van der Waals surface area (Å²) in [6, 6.07) is 0. The number of rotatable bonds is 1. The van der Waals surface area contributed by atoms with Crippen LogP contribution in [0.15, 0.2) is 0 Å². The van der Waals surface area contributed by atoms with Gasteiger partial charge in [0.2, 0.25) is 6.29 Å². The largest absolute Gasteiger partial charge is 0.336 e. The highest BCUT2D eigenvalue weighted by atomic mass is 32.2. The summed E-state index contributed by atoms with van der Waals surface area (Å²) in [5, 5.41) is -1.82. The molecule has 0 saturated heterocycles. The third-order valence-electron chi connectivity index (χ3n) is 0.350. The van der Waals surface area contributed by atoms with Gasteiger partial charge in [-0.15, -0.1) is 0 Å². The van der Waals surface area contributed by atoms with Gasteiger partial charge in [0.1, 0.15) is 0 Å². The van der Waals surface area contributed by atoms with E-state index in [4.69, 9.17) is 4.55 Å². The monoisotopic (exact) mass is 138 g/mol. The molecular weight excluding hydrogens is 136 g/mol. The Morgan fingerprint density at radius 3 is 1.88 bits per heavy atom. The van der Waals surface area contributed by atoms with E-state index in [2.05, 4.69) is 0 Å². The van der Waals surface area contributed by atoms with Crippen LogP contribution in [0.4, 0.5) is 0 Å². The normalized spacial score (nSPS) is 10.6. The smallest absolute Gasteiger partial charge is 0.293 e. The highest BCUT2D eigenvalue weighted by Crippen LogP contribution is 1.77. The Kier molecular flexibility index (Phi) is 1.82. The molecular formula is C2H2O5S. The zero-order valence-corrected chi connectivity index (χ0v) is 4.38. The zero-order valence-electron chi connectivity index (χ0n) is 3.57. The van der Waals surface area contributed by atoms with Crippen molar-refractivity contribution in [3.63, 3.8) is 0 Å². The van der Waals surface area contributed by atoms with Gasteiger partial charge in [-0.25, -0.2) is 0 Å². The van der Waals surface area contributed by atoms with Gasteiger partial charge in [0, 0.05) is 0 Å². The lowest BCUT2D eigenvalue weighted by atomic mass is 10.9. The van der Waals surface area contributed by atoms with Gasteiger partial charge in [0.05, 0.1) is 0 Å². The van der Waals surface area contributed by atoms with E-state index in [0.717, 1.165) is 0 Å². The Morgan fingerprint density at radius 1 is 1.50 bits per heavy atom. The van der Waals surface area contributed by atoms with Crippen LogP contribution in [0.2, 0.25) is 0 Å². The van der Waals surface area contributed by atoms with Gasteiger partial charge in [-0.2, -0.15) is 8.42 Å². The maximum Gasteiger partial charge on any atom is 0.336 e. The van der Waals surface area contributed by atoms with Crippen LogP contribution in [-0.4, -0.2) is 24.4 Å². The second-order valence-electron chi connectivity index (χ2n) is 0.912. The van der Waals surface area contributed by atoms with E-state index in [1.807, 2.05) is 0 Å². The van der Waals surface area contributed by atoms with Gasteiger partial charge in [-0.05, 0) is 0 Å². The predicted octanol–water partition coefficient (Wildman–Crippen LogP) is -1.40. The minimum Gasteiger partial charge on any atom is -0.293 e. The molecule has 0 unspecified atom stereocenters. The first-order chi connectivity index (χ1) is 3.48. The van der Waals surface area contributed by atoms with Crippen LogP contribution < -0.4 is 0 Å². The summed E-state index contributed by atoms with van der Waals surface area (Å²) in [5.41, 5.74) is 0. The van der Waals surface area contributed by atoms with Crippen molar-refractivity contribution >= 4 is 21.5 Å². The number of aldehydes is 1. The minimum atomic E-state index is -4.76. The summed E-state index contributed by atoms with van der Waals surface area (Å²) in [6.07, 6.45) is -0.477. The molecule has 0 atom stereocenters. The van der Waals surface area contributed by atoms with Gasteiger partial charge in [0.25, 0.3) is 0 Å². The Bertz CT molecular complexity index is 198. The van der Waals surface area contributed by atoms with Gasteiger partial charge >= 0.3 is 15.2 Å². The molecule has 0 amide bonds. The summed E-state index contributed by atoms with van der Waals surface area (Å²) in [5.74, 6) is 0. The molecule has 0 heterocycles. The number of hydrogen-bond donors (Lipinski definition) is 1. The van der Waals surface area contributed by atoms with E-state index >= 15 is 0 Å². The van der Waals surface area contributed by atoms with Gasteiger partial charge in [-0.1, -0.05) is 0 Å². The van der Waals surface area contributed by atoms with E-state index in [1.54, 1.807) is 0 Å². The summed E-state index contributed by atoms with van der Waals surface area (Å²) < 4.78 is 26.8. The third kappa shape index (κ3) is 1.80. The van der Waals surface area contributed by atoms with E-state index < -0.39 is 21.5 Å². The lowest BCUT2D eigenvalue weighted by molar-refractivity contribution is -0.125. The number of hydrogen-bond acceptors (Lipinski definition) is 4. The fourth-order valence-electron chi connectivity index (χ4n) is 0.0608. The quantitative estimate of drug-likeness (QED) is 0.273. The van der Waals surface area contributed by atoms with Crippen LogP contribution >= 0.6 is 0 Å². The molecule has 0 rings (SSSR count). The van der Waals surface area contributed by atoms with Crippen LogP contribution in [-0.2, 0) is 19.7 Å². The molecule has 0 bridgehead atoms. The van der Waals surface area contributed by atoms with Crippen molar-refractivity contribution in [2.75, 3.05) is 0 Å². The Morgan fingerprint density at radius 2 is 1.88 bits per heavy atom. The van der Waals surface area contributed by atoms with E-state index in [1.165, 1.54) is 0 Å². The van der Waals surface area contributed by atoms with Gasteiger partial charge in [-0.3, -0.25) is 14.1 Å². The van der Waals surface area contributed by atoms with Crippen molar-refractivity contribution in [2.24, 2.45) is 0 Å². The fraction of sp³-hybridized carbons (Fsp3) is 0. The molecule has 0 aromatic heterocycles. The topological polar surface area (TPSA) is 88.5 Å². The number of carbonyl (C=O) groups excluding carboxylic acids is 2. The maximum atomic E-state index is 9.63. The van der Waals surface area contributed by atoms with Crippen LogP contribution in [0.3, 0.4) is 0 Å². The van der Waals surface area contributed by atoms with Gasteiger partial charge in [0.15, 0.2) is 0 Å². The van der Waals surface area contributed by atoms with Crippen LogP contribution in [0.1, 0.15) is 0 Å². The molecule has 0 fully saturated rings. The second kappa shape index (κ2) is 2.01. The van der Waals surface area contributed by atoms with Crippen LogP contribution in [0.5, 0.6) is 0 Å². The first-order valence-electron chi connectivity index (χ1n) is 1.45. The van der Waals surface area contributed by atoms with Crippen molar-refractivity contribution in [1.82, 2.24) is 0 Å². The SMILES string of the molecule is O=CC(=O)S(=O)(=O)O. The van der Waals surface area contributed by atoms with Crippen molar-refractivity contribution < 1.29 is 22.6 Å². The van der Waals surface area contributed by atoms with Crippen LogP contribution in [0, 0.1) is 0 Å². The fourth-order valence-corrected chi connectivity index (χ4v) is 0.182. The average Bonchev–Trinajstić information content (AvgIpc) is 1.62. The highest BCUT2D eigenvalue weighted by Gasteiger charge is 2.15. The molecule has 0 aliphatic rings. The summed E-state index contributed by atoms with van der Waals surface area (Å²) in [4.78, 5) is 18.9. The molecule has 46 valence electrons. The Balaban J connectivity index is 4.53. The van der Waals surface area contributed by atoms with Crippen molar-refractivity contribution in [1.29, 1.82) is 0 Å². The van der Waals surface area contributed by atoms with Crippen molar-refractivity contribution in [3.05, 3.63) is 0 Å².